The number of sulfonamides is 1. The highest BCUT2D eigenvalue weighted by molar-refractivity contribution is 7.88. The number of carbonyl (C=O) groups excluding carboxylic acids is 1. The number of ether oxygens (including phenoxy) is 1. The van der Waals surface area contributed by atoms with E-state index in [2.05, 4.69) is 5.32 Å². The predicted molar refractivity (Wildman–Crippen MR) is 74.0 cm³/mol. The molecule has 8 heteroatoms. The zero-order valence-electron chi connectivity index (χ0n) is 11.7. The SMILES string of the molecule is COCCCN(CCNC(=O)c1ccco1)S(C)(=O)=O. The Morgan fingerprint density at radius 3 is 2.75 bits per heavy atom. The number of hydrogen-bond acceptors (Lipinski definition) is 5. The van der Waals surface area contributed by atoms with Crippen molar-refractivity contribution in [1.82, 2.24) is 9.62 Å². The zero-order valence-corrected chi connectivity index (χ0v) is 12.5. The summed E-state index contributed by atoms with van der Waals surface area (Å²) < 4.78 is 34.3. The summed E-state index contributed by atoms with van der Waals surface area (Å²) in [7, 11) is -1.73. The Hall–Kier alpha value is -1.38. The molecule has 1 rings (SSSR count). The maximum absolute atomic E-state index is 11.6. The molecule has 0 aliphatic rings. The van der Waals surface area contributed by atoms with Crippen molar-refractivity contribution in [3.8, 4) is 0 Å². The van der Waals surface area contributed by atoms with Gasteiger partial charge in [-0.2, -0.15) is 0 Å². The van der Waals surface area contributed by atoms with E-state index in [1.165, 1.54) is 10.6 Å². The molecule has 1 heterocycles. The van der Waals surface area contributed by atoms with Crippen LogP contribution in [0.15, 0.2) is 22.8 Å². The molecule has 0 spiro atoms. The van der Waals surface area contributed by atoms with Gasteiger partial charge in [-0.25, -0.2) is 12.7 Å². The van der Waals surface area contributed by atoms with Crippen LogP contribution in [0, 0.1) is 0 Å². The van der Waals surface area contributed by atoms with Crippen LogP contribution in [-0.4, -0.2) is 58.2 Å². The quantitative estimate of drug-likeness (QED) is 0.663. The molecule has 0 aliphatic carbocycles. The van der Waals surface area contributed by atoms with Gasteiger partial charge in [0, 0.05) is 33.4 Å². The topological polar surface area (TPSA) is 88.8 Å². The fourth-order valence-corrected chi connectivity index (χ4v) is 2.50. The molecular weight excluding hydrogens is 284 g/mol. The van der Waals surface area contributed by atoms with E-state index in [1.54, 1.807) is 19.2 Å². The molecule has 0 aromatic carbocycles. The summed E-state index contributed by atoms with van der Waals surface area (Å²) >= 11 is 0. The molecule has 114 valence electrons. The van der Waals surface area contributed by atoms with Crippen LogP contribution in [0.1, 0.15) is 17.0 Å². The summed E-state index contributed by atoms with van der Waals surface area (Å²) in [5.41, 5.74) is 0. The van der Waals surface area contributed by atoms with Gasteiger partial charge < -0.3 is 14.5 Å². The molecule has 0 bridgehead atoms. The molecule has 1 N–H and O–H groups in total. The summed E-state index contributed by atoms with van der Waals surface area (Å²) in [6.07, 6.45) is 3.16. The first kappa shape index (κ1) is 16.7. The maximum atomic E-state index is 11.6. The number of amides is 1. The van der Waals surface area contributed by atoms with Crippen LogP contribution >= 0.6 is 0 Å². The smallest absolute Gasteiger partial charge is 0.287 e. The van der Waals surface area contributed by atoms with Crippen LogP contribution in [-0.2, 0) is 14.8 Å². The van der Waals surface area contributed by atoms with Crippen molar-refractivity contribution >= 4 is 15.9 Å². The van der Waals surface area contributed by atoms with Gasteiger partial charge in [0.2, 0.25) is 10.0 Å². The van der Waals surface area contributed by atoms with E-state index in [4.69, 9.17) is 9.15 Å². The average molecular weight is 304 g/mol. The number of hydrogen-bond donors (Lipinski definition) is 1. The molecular formula is C12H20N2O5S. The van der Waals surface area contributed by atoms with Crippen LogP contribution < -0.4 is 5.32 Å². The average Bonchev–Trinajstić information content (AvgIpc) is 2.89. The lowest BCUT2D eigenvalue weighted by atomic mass is 10.4. The number of nitrogens with zero attached hydrogens (tertiary/aromatic N) is 1. The van der Waals surface area contributed by atoms with E-state index in [0.717, 1.165) is 6.26 Å². The predicted octanol–water partition coefficient (Wildman–Crippen LogP) is 0.307. The van der Waals surface area contributed by atoms with Crippen LogP contribution in [0.4, 0.5) is 0 Å². The van der Waals surface area contributed by atoms with Crippen molar-refractivity contribution in [3.63, 3.8) is 0 Å². The second-order valence-corrected chi connectivity index (χ2v) is 6.22. The lowest BCUT2D eigenvalue weighted by molar-refractivity contribution is 0.0923. The summed E-state index contributed by atoms with van der Waals surface area (Å²) in [5.74, 6) is -0.157. The van der Waals surface area contributed by atoms with Gasteiger partial charge in [-0.05, 0) is 18.6 Å². The minimum atomic E-state index is -3.29. The van der Waals surface area contributed by atoms with Gasteiger partial charge in [-0.3, -0.25) is 4.79 Å². The second kappa shape index (κ2) is 8.03. The Balaban J connectivity index is 2.40. The molecule has 1 amide bonds. The fraction of sp³-hybridized carbons (Fsp3) is 0.583. The third-order valence-electron chi connectivity index (χ3n) is 2.62. The van der Waals surface area contributed by atoms with Gasteiger partial charge >= 0.3 is 0 Å². The normalized spacial score (nSPS) is 11.8. The fourth-order valence-electron chi connectivity index (χ4n) is 1.62. The number of furan rings is 1. The van der Waals surface area contributed by atoms with Crippen LogP contribution in [0.5, 0.6) is 0 Å². The largest absolute Gasteiger partial charge is 0.459 e. The summed E-state index contributed by atoms with van der Waals surface area (Å²) in [6, 6.07) is 3.16. The first-order chi connectivity index (χ1) is 9.45. The molecule has 20 heavy (non-hydrogen) atoms. The van der Waals surface area contributed by atoms with Gasteiger partial charge in [-0.15, -0.1) is 0 Å². The van der Waals surface area contributed by atoms with E-state index >= 15 is 0 Å². The van der Waals surface area contributed by atoms with Gasteiger partial charge in [0.05, 0.1) is 12.5 Å². The molecule has 7 nitrogen and oxygen atoms in total. The van der Waals surface area contributed by atoms with E-state index in [1.807, 2.05) is 0 Å². The van der Waals surface area contributed by atoms with Crippen LogP contribution in [0.25, 0.3) is 0 Å². The third-order valence-corrected chi connectivity index (χ3v) is 3.92. The van der Waals surface area contributed by atoms with Crippen molar-refractivity contribution in [3.05, 3.63) is 24.2 Å². The minimum Gasteiger partial charge on any atom is -0.459 e. The Morgan fingerprint density at radius 1 is 1.45 bits per heavy atom. The molecule has 1 aromatic rings. The van der Waals surface area contributed by atoms with Gasteiger partial charge in [0.15, 0.2) is 5.76 Å². The molecule has 0 saturated carbocycles. The number of methoxy groups -OCH3 is 1. The van der Waals surface area contributed by atoms with Gasteiger partial charge in [-0.1, -0.05) is 0 Å². The third kappa shape index (κ3) is 5.72. The highest BCUT2D eigenvalue weighted by Gasteiger charge is 2.16. The Labute approximate surface area is 118 Å². The van der Waals surface area contributed by atoms with Crippen molar-refractivity contribution in [2.75, 3.05) is 39.6 Å². The Kier molecular flexibility index (Phi) is 6.69. The van der Waals surface area contributed by atoms with Crippen LogP contribution in [0.3, 0.4) is 0 Å². The lowest BCUT2D eigenvalue weighted by Gasteiger charge is -2.19. The Morgan fingerprint density at radius 2 is 2.20 bits per heavy atom. The summed E-state index contributed by atoms with van der Waals surface area (Å²) in [4.78, 5) is 11.6. The lowest BCUT2D eigenvalue weighted by Crippen LogP contribution is -2.38. The molecule has 0 atom stereocenters. The second-order valence-electron chi connectivity index (χ2n) is 4.24. The molecule has 0 saturated heterocycles. The molecule has 0 aliphatic heterocycles. The van der Waals surface area contributed by atoms with Crippen molar-refractivity contribution < 1.29 is 22.4 Å². The number of carbonyl (C=O) groups is 1. The zero-order chi connectivity index (χ0) is 15.0. The summed E-state index contributed by atoms with van der Waals surface area (Å²) in [6.45, 7) is 1.29. The van der Waals surface area contributed by atoms with E-state index in [-0.39, 0.29) is 24.8 Å². The van der Waals surface area contributed by atoms with Crippen molar-refractivity contribution in [2.24, 2.45) is 0 Å². The molecule has 0 unspecified atom stereocenters. The first-order valence-electron chi connectivity index (χ1n) is 6.21. The Bertz CT molecular complexity index is 498. The van der Waals surface area contributed by atoms with Crippen molar-refractivity contribution in [2.45, 2.75) is 6.42 Å². The highest BCUT2D eigenvalue weighted by atomic mass is 32.2. The maximum Gasteiger partial charge on any atom is 0.287 e. The molecule has 1 aromatic heterocycles. The highest BCUT2D eigenvalue weighted by Crippen LogP contribution is 2.01. The van der Waals surface area contributed by atoms with E-state index in [9.17, 15) is 13.2 Å². The van der Waals surface area contributed by atoms with E-state index in [0.29, 0.717) is 19.6 Å². The monoisotopic (exact) mass is 304 g/mol. The minimum absolute atomic E-state index is 0.204. The van der Waals surface area contributed by atoms with E-state index < -0.39 is 10.0 Å². The standard InChI is InChI=1S/C12H20N2O5S/c1-18-9-4-7-14(20(2,16)17)8-6-13-12(15)11-5-3-10-19-11/h3,5,10H,4,6-9H2,1-2H3,(H,13,15). The molecule has 0 radical (unpaired) electrons. The summed E-state index contributed by atoms with van der Waals surface area (Å²) in [5, 5.41) is 2.61. The molecule has 0 fully saturated rings. The van der Waals surface area contributed by atoms with Crippen LogP contribution in [0.2, 0.25) is 0 Å². The first-order valence-corrected chi connectivity index (χ1v) is 8.05. The van der Waals surface area contributed by atoms with Crippen molar-refractivity contribution in [1.29, 1.82) is 0 Å². The number of rotatable bonds is 9. The number of nitrogens with one attached hydrogen (secondary N) is 1. The van der Waals surface area contributed by atoms with Gasteiger partial charge in [0.25, 0.3) is 5.91 Å². The van der Waals surface area contributed by atoms with Gasteiger partial charge in [0.1, 0.15) is 0 Å².